The topological polar surface area (TPSA) is 86.8 Å². The summed E-state index contributed by atoms with van der Waals surface area (Å²) in [5.74, 6) is -0.838. The normalized spacial score (nSPS) is 12.2. The maximum atomic E-state index is 13.9. The summed E-state index contributed by atoms with van der Waals surface area (Å²) < 4.78 is 28.5. The minimum Gasteiger partial charge on any atom is -0.354 e. The molecule has 12 heteroatoms. The molecule has 0 aromatic heterocycles. The highest BCUT2D eigenvalue weighted by atomic mass is 35.5. The third-order valence-corrected chi connectivity index (χ3v) is 9.12. The van der Waals surface area contributed by atoms with E-state index in [4.69, 9.17) is 46.4 Å². The fourth-order valence-electron chi connectivity index (χ4n) is 3.76. The first-order valence-electron chi connectivity index (χ1n) is 12.3. The Hall–Kier alpha value is -2.49. The molecule has 3 aromatic carbocycles. The first kappa shape index (κ1) is 32.0. The van der Waals surface area contributed by atoms with E-state index in [0.29, 0.717) is 22.2 Å². The minimum absolute atomic E-state index is 0.0242. The Morgan fingerprint density at radius 2 is 1.52 bits per heavy atom. The van der Waals surface area contributed by atoms with E-state index in [0.717, 1.165) is 4.31 Å². The molecule has 0 aliphatic carbocycles. The Bertz CT molecular complexity index is 1470. The van der Waals surface area contributed by atoms with Gasteiger partial charge in [-0.2, -0.15) is 0 Å². The van der Waals surface area contributed by atoms with Crippen LogP contribution in [0.25, 0.3) is 0 Å². The first-order chi connectivity index (χ1) is 18.8. The van der Waals surface area contributed by atoms with Gasteiger partial charge in [-0.3, -0.25) is 13.9 Å². The molecule has 0 bridgehead atoms. The molecule has 1 atom stereocenters. The molecule has 0 saturated carbocycles. The van der Waals surface area contributed by atoms with Gasteiger partial charge in [0.05, 0.1) is 20.6 Å². The third-order valence-electron chi connectivity index (χ3n) is 6.01. The molecule has 40 heavy (non-hydrogen) atoms. The van der Waals surface area contributed by atoms with Crippen molar-refractivity contribution in [3.8, 4) is 0 Å². The largest absolute Gasteiger partial charge is 0.354 e. The van der Waals surface area contributed by atoms with Crippen molar-refractivity contribution in [1.29, 1.82) is 0 Å². The lowest BCUT2D eigenvalue weighted by Crippen LogP contribution is -2.51. The Labute approximate surface area is 255 Å². The summed E-state index contributed by atoms with van der Waals surface area (Å²) in [5, 5.41) is 3.89. The molecule has 0 aliphatic rings. The lowest BCUT2D eigenvalue weighted by atomic mass is 10.1. The number of anilines is 1. The van der Waals surface area contributed by atoms with Crippen LogP contribution in [-0.2, 0) is 26.2 Å². The van der Waals surface area contributed by atoms with Gasteiger partial charge in [-0.05, 0) is 60.9 Å². The monoisotopic (exact) mass is 643 g/mol. The van der Waals surface area contributed by atoms with Crippen molar-refractivity contribution < 1.29 is 18.0 Å². The summed E-state index contributed by atoms with van der Waals surface area (Å²) in [4.78, 5) is 28.3. The summed E-state index contributed by atoms with van der Waals surface area (Å²) in [7, 11) is -4.23. The van der Waals surface area contributed by atoms with Gasteiger partial charge in [-0.1, -0.05) is 84.5 Å². The van der Waals surface area contributed by atoms with Crippen LogP contribution in [0.5, 0.6) is 0 Å². The Morgan fingerprint density at radius 3 is 2.12 bits per heavy atom. The molecule has 0 radical (unpaired) electrons. The molecule has 0 spiro atoms. The molecule has 0 fully saturated rings. The number of halogens is 4. The van der Waals surface area contributed by atoms with Crippen molar-refractivity contribution in [1.82, 2.24) is 10.2 Å². The highest BCUT2D eigenvalue weighted by molar-refractivity contribution is 7.92. The fraction of sp³-hybridized carbons (Fsp3) is 0.286. The van der Waals surface area contributed by atoms with E-state index in [-0.39, 0.29) is 39.0 Å². The number of nitrogens with zero attached hydrogens (tertiary/aromatic N) is 2. The van der Waals surface area contributed by atoms with Gasteiger partial charge in [-0.25, -0.2) is 8.42 Å². The number of nitrogens with one attached hydrogen (secondary N) is 1. The van der Waals surface area contributed by atoms with Crippen LogP contribution >= 0.6 is 46.4 Å². The average molecular weight is 645 g/mol. The Balaban J connectivity index is 2.05. The second-order valence-electron chi connectivity index (χ2n) is 9.50. The van der Waals surface area contributed by atoms with Crippen LogP contribution in [0.15, 0.2) is 71.6 Å². The number of amides is 2. The molecule has 0 aliphatic heterocycles. The van der Waals surface area contributed by atoms with E-state index in [1.165, 1.54) is 41.3 Å². The zero-order chi connectivity index (χ0) is 29.6. The maximum absolute atomic E-state index is 13.9. The predicted molar refractivity (Wildman–Crippen MR) is 162 cm³/mol. The van der Waals surface area contributed by atoms with Gasteiger partial charge in [0, 0.05) is 23.1 Å². The minimum atomic E-state index is -4.23. The lowest BCUT2D eigenvalue weighted by molar-refractivity contribution is -0.139. The number of sulfonamides is 1. The zero-order valence-corrected chi connectivity index (χ0v) is 25.9. The third kappa shape index (κ3) is 8.04. The quantitative estimate of drug-likeness (QED) is 0.252. The van der Waals surface area contributed by atoms with Crippen molar-refractivity contribution in [3.63, 3.8) is 0 Å². The van der Waals surface area contributed by atoms with Gasteiger partial charge >= 0.3 is 0 Å². The van der Waals surface area contributed by atoms with Crippen molar-refractivity contribution in [2.45, 2.75) is 38.3 Å². The standard InChI is InChI=1S/C28H29Cl4N3O4S/c1-18(2)15-33-28(37)19(3)34(16-20-9-10-21(29)13-25(20)31)27(36)17-35(22-11-12-24(30)26(32)14-22)40(38,39)23-7-5-4-6-8-23/h4-14,18-19H,15-17H2,1-3H3,(H,33,37). The molecule has 0 heterocycles. The van der Waals surface area contributed by atoms with Crippen molar-refractivity contribution in [2.75, 3.05) is 17.4 Å². The Morgan fingerprint density at radius 1 is 0.850 bits per heavy atom. The van der Waals surface area contributed by atoms with Crippen molar-refractivity contribution in [3.05, 3.63) is 92.4 Å². The summed E-state index contributed by atoms with van der Waals surface area (Å²) >= 11 is 24.7. The molecule has 1 unspecified atom stereocenters. The second kappa shape index (κ2) is 13.9. The van der Waals surface area contributed by atoms with Crippen LogP contribution in [0.4, 0.5) is 5.69 Å². The SMILES string of the molecule is CC(C)CNC(=O)C(C)N(Cc1ccc(Cl)cc1Cl)C(=O)CN(c1ccc(Cl)c(Cl)c1)S(=O)(=O)c1ccccc1. The van der Waals surface area contributed by atoms with Gasteiger partial charge in [0.1, 0.15) is 12.6 Å². The molecular formula is C28H29Cl4N3O4S. The van der Waals surface area contributed by atoms with Gasteiger partial charge in [0.2, 0.25) is 11.8 Å². The predicted octanol–water partition coefficient (Wildman–Crippen LogP) is 6.69. The van der Waals surface area contributed by atoms with E-state index in [2.05, 4.69) is 5.32 Å². The summed E-state index contributed by atoms with van der Waals surface area (Å²) in [5.41, 5.74) is 0.669. The molecule has 1 N–H and O–H groups in total. The van der Waals surface area contributed by atoms with Crippen LogP contribution < -0.4 is 9.62 Å². The van der Waals surface area contributed by atoms with E-state index < -0.39 is 28.5 Å². The van der Waals surface area contributed by atoms with E-state index in [9.17, 15) is 18.0 Å². The zero-order valence-electron chi connectivity index (χ0n) is 22.1. The maximum Gasteiger partial charge on any atom is 0.264 e. The van der Waals surface area contributed by atoms with Crippen LogP contribution in [0.2, 0.25) is 20.1 Å². The van der Waals surface area contributed by atoms with Crippen LogP contribution in [0, 0.1) is 5.92 Å². The number of rotatable bonds is 11. The molecule has 2 amide bonds. The second-order valence-corrected chi connectivity index (χ2v) is 13.0. The van der Waals surface area contributed by atoms with Gasteiger partial charge in [-0.15, -0.1) is 0 Å². The molecule has 3 aromatic rings. The number of hydrogen-bond donors (Lipinski definition) is 1. The van der Waals surface area contributed by atoms with Gasteiger partial charge in [0.25, 0.3) is 10.0 Å². The summed E-state index contributed by atoms with van der Waals surface area (Å²) in [6, 6.07) is 15.8. The number of benzene rings is 3. The Kier molecular flexibility index (Phi) is 11.1. The highest BCUT2D eigenvalue weighted by Gasteiger charge is 2.33. The number of carbonyl (C=O) groups is 2. The van der Waals surface area contributed by atoms with E-state index in [1.54, 1.807) is 37.3 Å². The molecule has 214 valence electrons. The van der Waals surface area contributed by atoms with Crippen LogP contribution in [0.3, 0.4) is 0 Å². The summed E-state index contributed by atoms with van der Waals surface area (Å²) in [6.07, 6.45) is 0. The average Bonchev–Trinajstić information content (AvgIpc) is 2.91. The first-order valence-corrected chi connectivity index (χ1v) is 15.3. The number of carbonyl (C=O) groups excluding carboxylic acids is 2. The molecular weight excluding hydrogens is 616 g/mol. The van der Waals surface area contributed by atoms with Crippen LogP contribution in [-0.4, -0.2) is 44.3 Å². The van der Waals surface area contributed by atoms with Crippen molar-refractivity contribution >= 4 is 73.9 Å². The van der Waals surface area contributed by atoms with Crippen molar-refractivity contribution in [2.24, 2.45) is 5.92 Å². The molecule has 3 rings (SSSR count). The van der Waals surface area contributed by atoms with Gasteiger partial charge < -0.3 is 10.2 Å². The fourth-order valence-corrected chi connectivity index (χ4v) is 5.94. The highest BCUT2D eigenvalue weighted by Crippen LogP contribution is 2.31. The molecule has 7 nitrogen and oxygen atoms in total. The molecule has 0 saturated heterocycles. The van der Waals surface area contributed by atoms with E-state index in [1.807, 2.05) is 13.8 Å². The smallest absolute Gasteiger partial charge is 0.264 e. The van der Waals surface area contributed by atoms with Crippen LogP contribution in [0.1, 0.15) is 26.3 Å². The van der Waals surface area contributed by atoms with E-state index >= 15 is 0 Å². The van der Waals surface area contributed by atoms with Gasteiger partial charge in [0.15, 0.2) is 0 Å². The summed E-state index contributed by atoms with van der Waals surface area (Å²) in [6.45, 7) is 5.20. The number of hydrogen-bond acceptors (Lipinski definition) is 4. The lowest BCUT2D eigenvalue weighted by Gasteiger charge is -2.32.